The number of thioether (sulfide) groups is 2. The molecule has 2 saturated heterocycles. The molecule has 4 heterocycles. The lowest BCUT2D eigenvalue weighted by molar-refractivity contribution is -0.157. The van der Waals surface area contributed by atoms with Crippen LogP contribution < -0.4 is 16.8 Å². The average Bonchev–Trinajstić information content (AvgIpc) is 3.52. The molecule has 2 unspecified atom stereocenters. The summed E-state index contributed by atoms with van der Waals surface area (Å²) in [5.74, 6) is 0.450. The van der Waals surface area contributed by atoms with Crippen molar-refractivity contribution in [2.24, 2.45) is 16.3 Å². The minimum atomic E-state index is -1.23. The number of amides is 2. The molecule has 15 nitrogen and oxygen atoms in total. The molecular weight excluding hydrogens is 544 g/mol. The van der Waals surface area contributed by atoms with Crippen LogP contribution in [0.15, 0.2) is 15.7 Å². The number of anilines is 1. The average molecular weight is 567 g/mol. The summed E-state index contributed by atoms with van der Waals surface area (Å²) >= 11 is 3.57. The van der Waals surface area contributed by atoms with Crippen molar-refractivity contribution >= 4 is 63.5 Å². The number of carboxylic acids is 1. The number of nitrogens with one attached hydrogen (secondary N) is 1. The van der Waals surface area contributed by atoms with Gasteiger partial charge in [0.1, 0.15) is 22.5 Å². The topological polar surface area (TPSA) is 217 Å². The van der Waals surface area contributed by atoms with Gasteiger partial charge in [0.2, 0.25) is 11.1 Å². The summed E-state index contributed by atoms with van der Waals surface area (Å²) in [6, 6.07) is -0.873. The van der Waals surface area contributed by atoms with E-state index in [0.717, 1.165) is 11.3 Å². The second kappa shape index (κ2) is 11.3. The molecule has 2 fully saturated rings. The molecule has 18 heteroatoms. The van der Waals surface area contributed by atoms with Crippen molar-refractivity contribution in [3.8, 4) is 12.3 Å². The molecule has 2 amide bonds. The van der Waals surface area contributed by atoms with E-state index in [1.807, 2.05) is 0 Å². The van der Waals surface area contributed by atoms with E-state index in [9.17, 15) is 19.5 Å². The Hall–Kier alpha value is -3.40. The van der Waals surface area contributed by atoms with E-state index in [4.69, 9.17) is 22.7 Å². The Morgan fingerprint density at radius 1 is 1.49 bits per heavy atom. The fraction of sp³-hybridized carbons (Fsp3) is 0.474. The second-order valence-corrected chi connectivity index (χ2v) is 10.9. The third-order valence-corrected chi connectivity index (χ3v) is 8.99. The van der Waals surface area contributed by atoms with Crippen molar-refractivity contribution in [1.82, 2.24) is 35.4 Å². The maximum atomic E-state index is 13.0. The Balaban J connectivity index is 1.42. The number of terminal acetylenes is 1. The number of hydrogen-bond acceptors (Lipinski definition) is 14. The van der Waals surface area contributed by atoms with Crippen molar-refractivity contribution in [1.29, 1.82) is 0 Å². The van der Waals surface area contributed by atoms with Crippen molar-refractivity contribution in [3.63, 3.8) is 0 Å². The van der Waals surface area contributed by atoms with Crippen molar-refractivity contribution in [2.45, 2.75) is 23.1 Å². The molecule has 0 saturated carbocycles. The summed E-state index contributed by atoms with van der Waals surface area (Å²) in [6.07, 6.45) is 5.16. The first-order valence-electron chi connectivity index (χ1n) is 10.7. The number of oxime groups is 1. The summed E-state index contributed by atoms with van der Waals surface area (Å²) in [5.41, 5.74) is 9.99. The number of rotatable bonds is 11. The second-order valence-electron chi connectivity index (χ2n) is 7.95. The molecule has 37 heavy (non-hydrogen) atoms. The van der Waals surface area contributed by atoms with Crippen LogP contribution in [-0.2, 0) is 25.8 Å². The van der Waals surface area contributed by atoms with E-state index in [1.54, 1.807) is 0 Å². The predicted molar refractivity (Wildman–Crippen MR) is 135 cm³/mol. The molecule has 2 aromatic heterocycles. The summed E-state index contributed by atoms with van der Waals surface area (Å²) in [5, 5.41) is 29.6. The summed E-state index contributed by atoms with van der Waals surface area (Å²) in [6.45, 7) is 0.531. The number of aliphatic carboxylic acids is 1. The fourth-order valence-electron chi connectivity index (χ4n) is 3.62. The summed E-state index contributed by atoms with van der Waals surface area (Å²) < 4.78 is 1.50. The van der Waals surface area contributed by atoms with Gasteiger partial charge in [0.05, 0.1) is 6.54 Å². The van der Waals surface area contributed by atoms with Gasteiger partial charge in [-0.3, -0.25) is 14.4 Å². The first kappa shape index (κ1) is 26.7. The lowest BCUT2D eigenvalue weighted by atomic mass is 9.89. The van der Waals surface area contributed by atoms with Crippen molar-refractivity contribution < 1.29 is 24.3 Å². The highest BCUT2D eigenvalue weighted by Gasteiger charge is 2.57. The zero-order valence-electron chi connectivity index (χ0n) is 19.1. The van der Waals surface area contributed by atoms with Crippen LogP contribution in [0.2, 0.25) is 0 Å². The summed E-state index contributed by atoms with van der Waals surface area (Å²) in [4.78, 5) is 48.7. The molecule has 2 aliphatic heterocycles. The highest BCUT2D eigenvalue weighted by Crippen LogP contribution is 2.44. The molecule has 196 valence electrons. The molecule has 0 aromatic carbocycles. The van der Waals surface area contributed by atoms with Crippen LogP contribution >= 0.6 is 34.9 Å². The predicted octanol–water partition coefficient (Wildman–Crippen LogP) is -1.71. The number of thiazole rings is 1. The molecular formula is C19H22N10O5S3. The number of carbonyl (C=O) groups is 3. The van der Waals surface area contributed by atoms with Crippen LogP contribution in [0.5, 0.6) is 0 Å². The van der Waals surface area contributed by atoms with Crippen molar-refractivity contribution in [3.05, 3.63) is 11.1 Å². The lowest BCUT2D eigenvalue weighted by Crippen LogP contribution is -2.74. The number of aromatic nitrogens is 5. The molecule has 3 atom stereocenters. The van der Waals surface area contributed by atoms with E-state index in [1.165, 1.54) is 38.5 Å². The van der Waals surface area contributed by atoms with Gasteiger partial charge in [0.25, 0.3) is 5.91 Å². The first-order chi connectivity index (χ1) is 17.8. The molecule has 2 aliphatic rings. The molecule has 0 spiro atoms. The maximum absolute atomic E-state index is 13.0. The zero-order valence-corrected chi connectivity index (χ0v) is 21.6. The first-order valence-corrected chi connectivity index (χ1v) is 13.6. The zero-order chi connectivity index (χ0) is 26.6. The molecule has 4 rings (SSSR count). The van der Waals surface area contributed by atoms with Crippen LogP contribution in [0, 0.1) is 17.8 Å². The van der Waals surface area contributed by atoms with Gasteiger partial charge in [-0.15, -0.1) is 34.6 Å². The number of β-lactam (4-membered cyclic amide) rings is 1. The third-order valence-electron chi connectivity index (χ3n) is 5.49. The Kier molecular flexibility index (Phi) is 8.16. The molecule has 0 radical (unpaired) electrons. The summed E-state index contributed by atoms with van der Waals surface area (Å²) in [7, 11) is 0. The standard InChI is InChI=1S/C19H22N10O5S3/c1-2-5-34-25-11(10-6-35-17(21)22-10)13(30)23-12-14(31)28-7-19(16(32)33,8-36-15(12)28)9-37-18-24-26-27-29(18)4-3-20/h1,6,12,15H,3-5,7-9,20H2,(H2,21,22)(H,23,30)(H,32,33)/t12?,15-,19?/m1/s1. The minimum absolute atomic E-state index is 0.0223. The molecule has 0 aliphatic carbocycles. The quantitative estimate of drug-likeness (QED) is 0.0595. The Bertz CT molecular complexity index is 1260. The van der Waals surface area contributed by atoms with E-state index in [2.05, 4.69) is 36.9 Å². The molecule has 2 aromatic rings. The van der Waals surface area contributed by atoms with Gasteiger partial charge in [0, 0.05) is 30.0 Å². The monoisotopic (exact) mass is 566 g/mol. The Morgan fingerprint density at radius 2 is 2.30 bits per heavy atom. The lowest BCUT2D eigenvalue weighted by Gasteiger charge is -2.53. The number of nitrogens with zero attached hydrogens (tertiary/aromatic N) is 7. The van der Waals surface area contributed by atoms with E-state index < -0.39 is 34.6 Å². The third kappa shape index (κ3) is 5.49. The van der Waals surface area contributed by atoms with Gasteiger partial charge in [-0.2, -0.15) is 0 Å². The van der Waals surface area contributed by atoms with Crippen LogP contribution in [-0.4, -0.2) is 101 Å². The SMILES string of the molecule is C#CCON=C(C(=O)NC1C(=O)N2CC(CSc3nnnn3CCN)(C(=O)O)CS[C@H]12)c1csc(N)n1. The van der Waals surface area contributed by atoms with Crippen LogP contribution in [0.3, 0.4) is 0 Å². The number of fused-ring (bicyclic) bond motifs is 1. The maximum Gasteiger partial charge on any atom is 0.313 e. The van der Waals surface area contributed by atoms with Gasteiger partial charge in [0.15, 0.2) is 17.5 Å². The van der Waals surface area contributed by atoms with E-state index in [-0.39, 0.29) is 41.2 Å². The number of nitrogen functional groups attached to an aromatic ring is 1. The van der Waals surface area contributed by atoms with Crippen LogP contribution in [0.25, 0.3) is 0 Å². The number of hydrogen-bond donors (Lipinski definition) is 4. The van der Waals surface area contributed by atoms with Crippen LogP contribution in [0.1, 0.15) is 5.69 Å². The van der Waals surface area contributed by atoms with Gasteiger partial charge >= 0.3 is 5.97 Å². The number of nitrogens with two attached hydrogens (primary N) is 2. The minimum Gasteiger partial charge on any atom is -0.481 e. The van der Waals surface area contributed by atoms with Gasteiger partial charge in [-0.05, 0) is 10.4 Å². The van der Waals surface area contributed by atoms with Gasteiger partial charge in [-0.1, -0.05) is 22.8 Å². The highest BCUT2D eigenvalue weighted by atomic mass is 32.2. The van der Waals surface area contributed by atoms with E-state index in [0.29, 0.717) is 18.2 Å². The Morgan fingerprint density at radius 3 is 2.97 bits per heavy atom. The number of carbonyl (C=O) groups excluding carboxylic acids is 2. The highest BCUT2D eigenvalue weighted by molar-refractivity contribution is 8.00. The normalized spacial score (nSPS) is 23.1. The smallest absolute Gasteiger partial charge is 0.313 e. The Labute approximate surface area is 222 Å². The van der Waals surface area contributed by atoms with Gasteiger partial charge in [-0.25, -0.2) is 9.67 Å². The van der Waals surface area contributed by atoms with Crippen molar-refractivity contribution in [2.75, 3.05) is 36.9 Å². The molecule has 0 bridgehead atoms. The largest absolute Gasteiger partial charge is 0.481 e. The fourth-order valence-corrected chi connectivity index (χ4v) is 6.93. The molecule has 6 N–H and O–H groups in total. The van der Waals surface area contributed by atoms with E-state index >= 15 is 0 Å². The van der Waals surface area contributed by atoms with Crippen LogP contribution in [0.4, 0.5) is 5.13 Å². The number of carboxylic acid groups (broad SMARTS) is 1. The number of tetrazole rings is 1. The van der Waals surface area contributed by atoms with Gasteiger partial charge < -0.3 is 31.6 Å².